The molecule has 0 spiro atoms. The normalized spacial score (nSPS) is 11.1. The van der Waals surface area contributed by atoms with Crippen LogP contribution in [0.5, 0.6) is 23.0 Å². The number of hydrogen-bond donors (Lipinski definition) is 0. The first-order valence-electron chi connectivity index (χ1n) is 16.9. The molecule has 0 aliphatic carbocycles. The first kappa shape index (κ1) is 38.2. The number of unbranched alkanes of at least 4 members (excludes halogenated alkanes) is 2. The average Bonchev–Trinajstić information content (AvgIpc) is 3.09. The molecule has 0 amide bonds. The van der Waals surface area contributed by atoms with Crippen LogP contribution in [-0.4, -0.2) is 26.4 Å². The summed E-state index contributed by atoms with van der Waals surface area (Å²) in [5.74, 6) is -5.56. The summed E-state index contributed by atoms with van der Waals surface area (Å²) in [5.41, 5.74) is -0.548. The van der Waals surface area contributed by atoms with E-state index in [9.17, 15) is 26.3 Å². The molecule has 0 saturated carbocycles. The monoisotopic (exact) mass is 700 g/mol. The van der Waals surface area contributed by atoms with E-state index in [1.54, 1.807) is 13.8 Å². The van der Waals surface area contributed by atoms with Gasteiger partial charge in [-0.25, -0.2) is 17.6 Å². The molecule has 10 heteroatoms. The van der Waals surface area contributed by atoms with Gasteiger partial charge in [0.1, 0.15) is 23.1 Å². The van der Waals surface area contributed by atoms with E-state index >= 15 is 0 Å². The topological polar surface area (TPSA) is 36.9 Å². The van der Waals surface area contributed by atoms with Crippen LogP contribution in [0.4, 0.5) is 26.3 Å². The van der Waals surface area contributed by atoms with Gasteiger partial charge in [0.2, 0.25) is 11.6 Å². The van der Waals surface area contributed by atoms with Crippen molar-refractivity contribution in [1.82, 2.24) is 0 Å². The minimum Gasteiger partial charge on any atom is -0.493 e. The van der Waals surface area contributed by atoms with Gasteiger partial charge in [0.25, 0.3) is 0 Å². The molecule has 0 fully saturated rings. The largest absolute Gasteiger partial charge is 0.493 e. The van der Waals surface area contributed by atoms with Crippen LogP contribution < -0.4 is 18.9 Å². The minimum absolute atomic E-state index is 0.0749. The summed E-state index contributed by atoms with van der Waals surface area (Å²) in [5, 5.41) is 0. The lowest BCUT2D eigenvalue weighted by molar-refractivity contribution is 0.285. The van der Waals surface area contributed by atoms with Gasteiger partial charge in [0, 0.05) is 34.4 Å². The highest BCUT2D eigenvalue weighted by molar-refractivity contribution is 5.68. The fourth-order valence-corrected chi connectivity index (χ4v) is 5.69. The molecule has 0 heterocycles. The zero-order valence-corrected chi connectivity index (χ0v) is 28.3. The van der Waals surface area contributed by atoms with Gasteiger partial charge in [-0.3, -0.25) is 0 Å². The van der Waals surface area contributed by atoms with Crippen LogP contribution >= 0.6 is 0 Å². The Morgan fingerprint density at radius 3 is 1.34 bits per heavy atom. The lowest BCUT2D eigenvalue weighted by Crippen LogP contribution is -2.04. The molecule has 0 saturated heterocycles. The maximum atomic E-state index is 14.8. The van der Waals surface area contributed by atoms with Crippen LogP contribution in [0.2, 0.25) is 0 Å². The highest BCUT2D eigenvalue weighted by atomic mass is 19.2. The Labute approximate surface area is 289 Å². The smallest absolute Gasteiger partial charge is 0.201 e. The molecular weight excluding hydrogens is 658 g/mol. The SMILES string of the molecule is C=CCC(CCCCOc1ccc(-c2ccc(OCC)c(F)c2F)c(F)c1)CCCCOc1ccc(-c2ccc(OCC)c(F)c2F)c(F)c1. The number of halogens is 6. The van der Waals surface area contributed by atoms with Gasteiger partial charge in [-0.15, -0.1) is 6.58 Å². The summed E-state index contributed by atoms with van der Waals surface area (Å²) in [6, 6.07) is 13.2. The second-order valence-electron chi connectivity index (χ2n) is 11.7. The highest BCUT2D eigenvalue weighted by Crippen LogP contribution is 2.34. The maximum absolute atomic E-state index is 14.8. The van der Waals surface area contributed by atoms with Crippen molar-refractivity contribution in [3.05, 3.63) is 108 Å². The molecule has 0 N–H and O–H groups in total. The van der Waals surface area contributed by atoms with Crippen LogP contribution in [0, 0.1) is 40.8 Å². The van der Waals surface area contributed by atoms with Crippen LogP contribution in [0.3, 0.4) is 0 Å². The zero-order chi connectivity index (χ0) is 36.0. The quantitative estimate of drug-likeness (QED) is 0.0522. The summed E-state index contributed by atoms with van der Waals surface area (Å²) in [7, 11) is 0. The molecular formula is C40H42F6O4. The minimum atomic E-state index is -1.18. The van der Waals surface area contributed by atoms with Crippen molar-refractivity contribution >= 4 is 0 Å². The van der Waals surface area contributed by atoms with Crippen molar-refractivity contribution in [2.24, 2.45) is 5.92 Å². The highest BCUT2D eigenvalue weighted by Gasteiger charge is 2.20. The van der Waals surface area contributed by atoms with Gasteiger partial charge in [-0.05, 0) is 100 Å². The van der Waals surface area contributed by atoms with Gasteiger partial charge in [-0.1, -0.05) is 18.9 Å². The van der Waals surface area contributed by atoms with Crippen molar-refractivity contribution in [3.63, 3.8) is 0 Å². The molecule has 50 heavy (non-hydrogen) atoms. The molecule has 4 rings (SSSR count). The Bertz CT molecular complexity index is 1610. The van der Waals surface area contributed by atoms with E-state index in [2.05, 4.69) is 6.58 Å². The van der Waals surface area contributed by atoms with Crippen LogP contribution in [0.1, 0.15) is 58.8 Å². The van der Waals surface area contributed by atoms with Gasteiger partial charge in [-0.2, -0.15) is 8.78 Å². The summed E-state index contributed by atoms with van der Waals surface area (Å²) >= 11 is 0. The number of allylic oxidation sites excluding steroid dienone is 1. The number of ether oxygens (including phenoxy) is 4. The third-order valence-electron chi connectivity index (χ3n) is 8.21. The van der Waals surface area contributed by atoms with E-state index in [-0.39, 0.29) is 47.0 Å². The molecule has 4 aromatic rings. The Balaban J connectivity index is 1.17. The fourth-order valence-electron chi connectivity index (χ4n) is 5.69. The van der Waals surface area contributed by atoms with Crippen LogP contribution in [-0.2, 0) is 0 Å². The van der Waals surface area contributed by atoms with E-state index in [0.717, 1.165) is 57.1 Å². The molecule has 268 valence electrons. The third-order valence-corrected chi connectivity index (χ3v) is 8.21. The number of hydrogen-bond acceptors (Lipinski definition) is 4. The molecule has 0 aliphatic heterocycles. The fraction of sp³-hybridized carbons (Fsp3) is 0.350. The van der Waals surface area contributed by atoms with Crippen molar-refractivity contribution in [2.45, 2.75) is 58.8 Å². The summed E-state index contributed by atoms with van der Waals surface area (Å²) in [6.45, 7) is 8.26. The Hall–Kier alpha value is -4.60. The second-order valence-corrected chi connectivity index (χ2v) is 11.7. The molecule has 0 atom stereocenters. The van der Waals surface area contributed by atoms with Gasteiger partial charge in [0.05, 0.1) is 26.4 Å². The molecule has 0 aliphatic rings. The van der Waals surface area contributed by atoms with E-state index in [4.69, 9.17) is 18.9 Å². The van der Waals surface area contributed by atoms with Crippen molar-refractivity contribution in [1.29, 1.82) is 0 Å². The van der Waals surface area contributed by atoms with Crippen molar-refractivity contribution in [2.75, 3.05) is 26.4 Å². The second kappa shape index (κ2) is 19.0. The molecule has 0 bridgehead atoms. The third kappa shape index (κ3) is 9.98. The first-order valence-corrected chi connectivity index (χ1v) is 16.9. The van der Waals surface area contributed by atoms with Crippen molar-refractivity contribution < 1.29 is 45.3 Å². The Morgan fingerprint density at radius 1 is 0.540 bits per heavy atom. The van der Waals surface area contributed by atoms with E-state index in [0.29, 0.717) is 30.6 Å². The standard InChI is InChI=1S/C40H42F6O4/c1-4-11-26(12-7-9-22-49-27-14-16-29(33(41)24-27)31-18-20-35(47-5-2)39(45)37(31)43)13-8-10-23-50-28-15-17-30(34(42)25-28)32-19-21-36(48-6-3)40(46)38(32)44/h4,14-21,24-26H,1,5-13,22-23H2,2-3H3. The first-order chi connectivity index (χ1) is 24.2. The van der Waals surface area contributed by atoms with Gasteiger partial charge >= 0.3 is 0 Å². The van der Waals surface area contributed by atoms with E-state index < -0.39 is 34.9 Å². The predicted molar refractivity (Wildman–Crippen MR) is 183 cm³/mol. The maximum Gasteiger partial charge on any atom is 0.201 e. The zero-order valence-electron chi connectivity index (χ0n) is 28.3. The van der Waals surface area contributed by atoms with E-state index in [1.807, 2.05) is 6.08 Å². The summed E-state index contributed by atoms with van der Waals surface area (Å²) in [4.78, 5) is 0. The summed E-state index contributed by atoms with van der Waals surface area (Å²) < 4.78 is 109. The lowest BCUT2D eigenvalue weighted by atomic mass is 9.93. The van der Waals surface area contributed by atoms with Crippen molar-refractivity contribution in [3.8, 4) is 45.3 Å². The van der Waals surface area contributed by atoms with Gasteiger partial charge < -0.3 is 18.9 Å². The molecule has 0 unspecified atom stereocenters. The molecule has 4 nitrogen and oxygen atoms in total. The van der Waals surface area contributed by atoms with Crippen LogP contribution in [0.25, 0.3) is 22.3 Å². The van der Waals surface area contributed by atoms with Crippen LogP contribution in [0.15, 0.2) is 73.3 Å². The summed E-state index contributed by atoms with van der Waals surface area (Å²) in [6.07, 6.45) is 7.90. The predicted octanol–water partition coefficient (Wildman–Crippen LogP) is 11.6. The number of rotatable bonds is 20. The number of benzene rings is 4. The van der Waals surface area contributed by atoms with E-state index in [1.165, 1.54) is 48.5 Å². The lowest BCUT2D eigenvalue weighted by Gasteiger charge is -2.16. The molecule has 0 aromatic heterocycles. The Morgan fingerprint density at radius 2 is 0.960 bits per heavy atom. The Kier molecular flexibility index (Phi) is 14.5. The average molecular weight is 701 g/mol. The van der Waals surface area contributed by atoms with Gasteiger partial charge in [0.15, 0.2) is 23.1 Å². The molecule has 0 radical (unpaired) electrons. The molecule has 4 aromatic carbocycles.